The van der Waals surface area contributed by atoms with E-state index in [2.05, 4.69) is 10.2 Å². The normalized spacial score (nSPS) is 14.5. The lowest BCUT2D eigenvalue weighted by Gasteiger charge is -2.28. The molecule has 0 aliphatic carbocycles. The first-order valence-electron chi connectivity index (χ1n) is 8.96. The molecule has 0 amide bonds. The number of nitrogens with one attached hydrogen (secondary N) is 1. The summed E-state index contributed by atoms with van der Waals surface area (Å²) in [5, 5.41) is 4.10. The zero-order valence-electron chi connectivity index (χ0n) is 15.1. The molecule has 1 saturated heterocycles. The molecule has 3 aromatic rings. The molecule has 6 nitrogen and oxygen atoms in total. The quantitative estimate of drug-likeness (QED) is 0.749. The van der Waals surface area contributed by atoms with Crippen molar-refractivity contribution in [2.75, 3.05) is 36.5 Å². The molecule has 3 heterocycles. The van der Waals surface area contributed by atoms with E-state index in [1.54, 1.807) is 10.5 Å². The van der Waals surface area contributed by atoms with E-state index in [1.165, 1.54) is 0 Å². The van der Waals surface area contributed by atoms with Gasteiger partial charge in [-0.05, 0) is 30.2 Å². The lowest BCUT2D eigenvalue weighted by atomic mass is 10.2. The Hall–Kier alpha value is -2.57. The van der Waals surface area contributed by atoms with Gasteiger partial charge < -0.3 is 15.0 Å². The average molecular weight is 385 g/mol. The number of morpholine rings is 1. The summed E-state index contributed by atoms with van der Waals surface area (Å²) in [6, 6.07) is 11.3. The molecule has 0 spiro atoms. The fourth-order valence-corrected chi connectivity index (χ4v) is 3.45. The summed E-state index contributed by atoms with van der Waals surface area (Å²) in [6.45, 7) is 5.27. The van der Waals surface area contributed by atoms with Crippen LogP contribution in [0.15, 0.2) is 47.4 Å². The van der Waals surface area contributed by atoms with Crippen LogP contribution >= 0.6 is 11.6 Å². The van der Waals surface area contributed by atoms with Crippen molar-refractivity contribution in [3.8, 4) is 0 Å². The second kappa shape index (κ2) is 7.58. The fourth-order valence-electron chi connectivity index (χ4n) is 3.24. The Morgan fingerprint density at radius 1 is 1.22 bits per heavy atom. The number of benzene rings is 1. The van der Waals surface area contributed by atoms with E-state index in [0.29, 0.717) is 36.2 Å². The third kappa shape index (κ3) is 3.77. The minimum Gasteiger partial charge on any atom is -0.378 e. The monoisotopic (exact) mass is 384 g/mol. The summed E-state index contributed by atoms with van der Waals surface area (Å²) in [7, 11) is 0. The van der Waals surface area contributed by atoms with E-state index in [0.717, 1.165) is 29.9 Å². The number of hydrogen-bond acceptors (Lipinski definition) is 5. The maximum absolute atomic E-state index is 12.7. The highest BCUT2D eigenvalue weighted by Gasteiger charge is 2.16. The first-order chi connectivity index (χ1) is 13.1. The zero-order valence-corrected chi connectivity index (χ0v) is 15.9. The van der Waals surface area contributed by atoms with Crippen molar-refractivity contribution in [2.45, 2.75) is 13.5 Å². The number of aryl methyl sites for hydroxylation is 1. The van der Waals surface area contributed by atoms with Crippen LogP contribution in [0.2, 0.25) is 5.02 Å². The largest absolute Gasteiger partial charge is 0.378 e. The highest BCUT2D eigenvalue weighted by atomic mass is 35.5. The molecule has 0 radical (unpaired) electrons. The van der Waals surface area contributed by atoms with Crippen LogP contribution in [0, 0.1) is 6.92 Å². The minimum atomic E-state index is -0.0917. The van der Waals surface area contributed by atoms with E-state index in [9.17, 15) is 4.79 Å². The van der Waals surface area contributed by atoms with Gasteiger partial charge in [0.25, 0.3) is 5.56 Å². The number of rotatable bonds is 4. The van der Waals surface area contributed by atoms with Gasteiger partial charge in [-0.2, -0.15) is 0 Å². The maximum atomic E-state index is 12.7. The van der Waals surface area contributed by atoms with Crippen molar-refractivity contribution >= 4 is 28.8 Å². The molecule has 2 aromatic heterocycles. The van der Waals surface area contributed by atoms with Gasteiger partial charge in [-0.15, -0.1) is 0 Å². The number of pyridine rings is 1. The lowest BCUT2D eigenvalue weighted by Crippen LogP contribution is -2.37. The number of hydrogen-bond donors (Lipinski definition) is 1. The number of fused-ring (bicyclic) bond motifs is 1. The maximum Gasteiger partial charge on any atom is 0.260 e. The number of aromatic nitrogens is 2. The van der Waals surface area contributed by atoms with Crippen molar-refractivity contribution in [3.05, 3.63) is 69.1 Å². The zero-order chi connectivity index (χ0) is 18.8. The van der Waals surface area contributed by atoms with E-state index in [1.807, 2.05) is 43.5 Å². The minimum absolute atomic E-state index is 0.0917. The Bertz CT molecular complexity index is 1030. The van der Waals surface area contributed by atoms with Gasteiger partial charge in [-0.3, -0.25) is 9.20 Å². The van der Waals surface area contributed by atoms with Crippen LogP contribution in [0.4, 0.5) is 11.5 Å². The molecule has 0 bridgehead atoms. The fraction of sp³-hybridized carbons (Fsp3) is 0.300. The molecule has 1 aliphatic heterocycles. The van der Waals surface area contributed by atoms with E-state index < -0.39 is 0 Å². The molecule has 0 atom stereocenters. The molecule has 1 aliphatic rings. The Kier molecular flexibility index (Phi) is 5.01. The van der Waals surface area contributed by atoms with Crippen molar-refractivity contribution < 1.29 is 4.74 Å². The molecular weight excluding hydrogens is 364 g/mol. The Labute approximate surface area is 162 Å². The van der Waals surface area contributed by atoms with E-state index in [4.69, 9.17) is 21.3 Å². The van der Waals surface area contributed by atoms with Gasteiger partial charge in [0.1, 0.15) is 5.82 Å². The summed E-state index contributed by atoms with van der Waals surface area (Å²) >= 11 is 6.26. The van der Waals surface area contributed by atoms with Crippen LogP contribution in [0.3, 0.4) is 0 Å². The summed E-state index contributed by atoms with van der Waals surface area (Å²) in [6.07, 6.45) is 1.81. The summed E-state index contributed by atoms with van der Waals surface area (Å²) < 4.78 is 6.99. The van der Waals surface area contributed by atoms with Crippen LogP contribution in [0.25, 0.3) is 5.65 Å². The van der Waals surface area contributed by atoms with Crippen LogP contribution in [-0.2, 0) is 11.3 Å². The van der Waals surface area contributed by atoms with Gasteiger partial charge in [0, 0.05) is 36.9 Å². The molecule has 7 heteroatoms. The van der Waals surface area contributed by atoms with Gasteiger partial charge in [0.15, 0.2) is 5.65 Å². The Morgan fingerprint density at radius 2 is 2.00 bits per heavy atom. The smallest absolute Gasteiger partial charge is 0.260 e. The van der Waals surface area contributed by atoms with Gasteiger partial charge >= 0.3 is 0 Å². The highest BCUT2D eigenvalue weighted by Crippen LogP contribution is 2.22. The predicted molar refractivity (Wildman–Crippen MR) is 108 cm³/mol. The van der Waals surface area contributed by atoms with E-state index in [-0.39, 0.29) is 5.56 Å². The van der Waals surface area contributed by atoms with Gasteiger partial charge in [-0.25, -0.2) is 4.98 Å². The Balaban J connectivity index is 1.73. The van der Waals surface area contributed by atoms with Crippen LogP contribution in [-0.4, -0.2) is 35.7 Å². The van der Waals surface area contributed by atoms with E-state index >= 15 is 0 Å². The first-order valence-corrected chi connectivity index (χ1v) is 9.33. The second-order valence-corrected chi connectivity index (χ2v) is 7.03. The molecule has 27 heavy (non-hydrogen) atoms. The third-order valence-electron chi connectivity index (χ3n) is 4.65. The van der Waals surface area contributed by atoms with Gasteiger partial charge in [0.05, 0.1) is 18.9 Å². The van der Waals surface area contributed by atoms with Crippen LogP contribution in [0.1, 0.15) is 11.1 Å². The van der Waals surface area contributed by atoms with Crippen LogP contribution in [0.5, 0.6) is 0 Å². The molecule has 140 valence electrons. The van der Waals surface area contributed by atoms with Crippen molar-refractivity contribution in [1.29, 1.82) is 0 Å². The Morgan fingerprint density at radius 3 is 2.78 bits per heavy atom. The molecule has 1 aromatic carbocycles. The van der Waals surface area contributed by atoms with Crippen molar-refractivity contribution in [2.24, 2.45) is 0 Å². The molecule has 0 unspecified atom stereocenters. The van der Waals surface area contributed by atoms with Crippen LogP contribution < -0.4 is 15.8 Å². The number of anilines is 2. The molecule has 1 fully saturated rings. The number of halogens is 1. The average Bonchev–Trinajstić information content (AvgIpc) is 2.68. The molecular formula is C20H21ClN4O2. The van der Waals surface area contributed by atoms with Gasteiger partial charge in [-0.1, -0.05) is 29.8 Å². The molecule has 0 saturated carbocycles. The second-order valence-electron chi connectivity index (χ2n) is 6.62. The standard InChI is InChI=1S/C20H21ClN4O2/c1-14-10-17(22-12-15-4-2-3-5-16(15)21)20-23-18(11-19(26)25(20)13-14)24-6-8-27-9-7-24/h2-5,10-11,13,22H,6-9,12H2,1H3. The topological polar surface area (TPSA) is 58.9 Å². The number of ether oxygens (including phenoxy) is 1. The van der Waals surface area contributed by atoms with Gasteiger partial charge in [0.2, 0.25) is 0 Å². The molecule has 1 N–H and O–H groups in total. The summed E-state index contributed by atoms with van der Waals surface area (Å²) in [5.74, 6) is 0.688. The summed E-state index contributed by atoms with van der Waals surface area (Å²) in [5.41, 5.74) is 3.30. The number of nitrogens with zero attached hydrogens (tertiary/aromatic N) is 3. The predicted octanol–water partition coefficient (Wildman–Crippen LogP) is 3.11. The summed E-state index contributed by atoms with van der Waals surface area (Å²) in [4.78, 5) is 19.6. The molecule has 4 rings (SSSR count). The SMILES string of the molecule is Cc1cc(NCc2ccccc2Cl)c2nc(N3CCOCC3)cc(=O)n2c1. The lowest BCUT2D eigenvalue weighted by molar-refractivity contribution is 0.122. The first kappa shape index (κ1) is 17.8. The van der Waals surface area contributed by atoms with Crippen molar-refractivity contribution in [1.82, 2.24) is 9.38 Å². The third-order valence-corrected chi connectivity index (χ3v) is 5.02. The van der Waals surface area contributed by atoms with Crippen molar-refractivity contribution in [3.63, 3.8) is 0 Å². The highest BCUT2D eigenvalue weighted by molar-refractivity contribution is 6.31.